The number of nitrogens with zero attached hydrogens (tertiary/aromatic N) is 4. The van der Waals surface area contributed by atoms with E-state index in [2.05, 4.69) is 15.1 Å². The second-order valence-corrected chi connectivity index (χ2v) is 5.79. The van der Waals surface area contributed by atoms with Gasteiger partial charge in [0, 0.05) is 17.5 Å². The monoisotopic (exact) mass is 290 g/mol. The van der Waals surface area contributed by atoms with Crippen molar-refractivity contribution in [2.45, 2.75) is 25.2 Å². The van der Waals surface area contributed by atoms with Gasteiger partial charge in [0.2, 0.25) is 0 Å². The third-order valence-electron chi connectivity index (χ3n) is 4.41. The van der Waals surface area contributed by atoms with Crippen LogP contribution in [0.25, 0.3) is 28.2 Å². The molecule has 22 heavy (non-hydrogen) atoms. The van der Waals surface area contributed by atoms with E-state index in [0.717, 1.165) is 28.2 Å². The molecule has 108 valence electrons. The number of fused-ring (bicyclic) bond motifs is 2. The molecule has 0 saturated heterocycles. The fourth-order valence-electron chi connectivity index (χ4n) is 2.94. The van der Waals surface area contributed by atoms with Crippen molar-refractivity contribution in [3.05, 3.63) is 48.4 Å². The van der Waals surface area contributed by atoms with Gasteiger partial charge in [0.05, 0.1) is 0 Å². The van der Waals surface area contributed by atoms with Crippen LogP contribution in [0, 0.1) is 0 Å². The van der Waals surface area contributed by atoms with E-state index in [1.54, 1.807) is 10.7 Å². The SMILES string of the molecule is c1ccc2oc(-c3ccnc4nc(C5CCC5)nn34)cc2c1. The van der Waals surface area contributed by atoms with Gasteiger partial charge in [0.15, 0.2) is 11.6 Å². The van der Waals surface area contributed by atoms with Crippen molar-refractivity contribution in [2.24, 2.45) is 0 Å². The van der Waals surface area contributed by atoms with Crippen molar-refractivity contribution in [1.82, 2.24) is 19.6 Å². The van der Waals surface area contributed by atoms with Crippen LogP contribution in [-0.4, -0.2) is 19.6 Å². The largest absolute Gasteiger partial charge is 0.454 e. The predicted octanol–water partition coefficient (Wildman–Crippen LogP) is 3.81. The predicted molar refractivity (Wildman–Crippen MR) is 82.6 cm³/mol. The highest BCUT2D eigenvalue weighted by Crippen LogP contribution is 2.35. The summed E-state index contributed by atoms with van der Waals surface area (Å²) in [4.78, 5) is 8.90. The standard InChI is InChI=1S/C17H14N4O/c1-2-7-14-12(4-1)10-15(22-14)13-8-9-18-17-19-16(20-21(13)17)11-5-3-6-11/h1-2,4,7-11H,3,5-6H2. The lowest BCUT2D eigenvalue weighted by molar-refractivity contribution is 0.402. The van der Waals surface area contributed by atoms with Crippen LogP contribution >= 0.6 is 0 Å². The van der Waals surface area contributed by atoms with Crippen LogP contribution in [0.4, 0.5) is 0 Å². The zero-order chi connectivity index (χ0) is 14.5. The van der Waals surface area contributed by atoms with E-state index in [-0.39, 0.29) is 0 Å². The average molecular weight is 290 g/mol. The molecule has 0 bridgehead atoms. The van der Waals surface area contributed by atoms with Crippen LogP contribution < -0.4 is 0 Å². The number of hydrogen-bond donors (Lipinski definition) is 0. The van der Waals surface area contributed by atoms with Crippen molar-refractivity contribution >= 4 is 16.7 Å². The van der Waals surface area contributed by atoms with Gasteiger partial charge in [-0.25, -0.2) is 4.98 Å². The summed E-state index contributed by atoms with van der Waals surface area (Å²) in [5, 5.41) is 5.75. The van der Waals surface area contributed by atoms with Crippen LogP contribution in [0.1, 0.15) is 31.0 Å². The molecule has 1 fully saturated rings. The molecule has 0 unspecified atom stereocenters. The first-order valence-corrected chi connectivity index (χ1v) is 7.59. The molecule has 3 aromatic heterocycles. The van der Waals surface area contributed by atoms with Gasteiger partial charge < -0.3 is 4.42 Å². The maximum Gasteiger partial charge on any atom is 0.253 e. The maximum atomic E-state index is 5.96. The Labute approximate surface area is 126 Å². The fraction of sp³-hybridized carbons (Fsp3) is 0.235. The topological polar surface area (TPSA) is 56.2 Å². The van der Waals surface area contributed by atoms with Crippen molar-refractivity contribution < 1.29 is 4.42 Å². The molecule has 0 spiro atoms. The minimum Gasteiger partial charge on any atom is -0.454 e. The summed E-state index contributed by atoms with van der Waals surface area (Å²) >= 11 is 0. The molecule has 1 aliphatic carbocycles. The van der Waals surface area contributed by atoms with E-state index in [1.807, 2.05) is 36.4 Å². The molecule has 0 radical (unpaired) electrons. The number of rotatable bonds is 2. The normalized spacial score (nSPS) is 15.5. The second kappa shape index (κ2) is 4.40. The van der Waals surface area contributed by atoms with Crippen molar-refractivity contribution in [2.75, 3.05) is 0 Å². The van der Waals surface area contributed by atoms with Crippen LogP contribution in [0.5, 0.6) is 0 Å². The molecule has 5 heteroatoms. The second-order valence-electron chi connectivity index (χ2n) is 5.79. The highest BCUT2D eigenvalue weighted by atomic mass is 16.3. The summed E-state index contributed by atoms with van der Waals surface area (Å²) in [6, 6.07) is 12.0. The molecule has 0 amide bonds. The highest BCUT2D eigenvalue weighted by Gasteiger charge is 2.25. The van der Waals surface area contributed by atoms with E-state index >= 15 is 0 Å². The first-order valence-electron chi connectivity index (χ1n) is 7.59. The van der Waals surface area contributed by atoms with Gasteiger partial charge in [-0.1, -0.05) is 24.6 Å². The molecule has 1 aliphatic rings. The lowest BCUT2D eigenvalue weighted by atomic mass is 9.85. The Bertz CT molecular complexity index is 948. The molecule has 0 atom stereocenters. The maximum absolute atomic E-state index is 5.96. The van der Waals surface area contributed by atoms with Gasteiger partial charge in [0.1, 0.15) is 11.3 Å². The van der Waals surface area contributed by atoms with Crippen molar-refractivity contribution in [3.8, 4) is 11.5 Å². The summed E-state index contributed by atoms with van der Waals surface area (Å²) < 4.78 is 7.75. The molecular formula is C17H14N4O. The van der Waals surface area contributed by atoms with Crippen LogP contribution in [0.15, 0.2) is 47.0 Å². The van der Waals surface area contributed by atoms with Crippen molar-refractivity contribution in [1.29, 1.82) is 0 Å². The Balaban J connectivity index is 1.70. The van der Waals surface area contributed by atoms with Crippen molar-refractivity contribution in [3.63, 3.8) is 0 Å². The molecular weight excluding hydrogens is 276 g/mol. The number of para-hydroxylation sites is 1. The number of furan rings is 1. The van der Waals surface area contributed by atoms with Gasteiger partial charge in [0.25, 0.3) is 5.78 Å². The first kappa shape index (κ1) is 11.9. The summed E-state index contributed by atoms with van der Waals surface area (Å²) in [6.07, 6.45) is 5.38. The van der Waals surface area contributed by atoms with Crippen LogP contribution in [0.3, 0.4) is 0 Å². The Morgan fingerprint density at radius 3 is 2.86 bits per heavy atom. The minimum absolute atomic E-state index is 0.491. The average Bonchev–Trinajstić information content (AvgIpc) is 3.08. The smallest absolute Gasteiger partial charge is 0.253 e. The zero-order valence-corrected chi connectivity index (χ0v) is 11.9. The third kappa shape index (κ3) is 1.68. The van der Waals surface area contributed by atoms with Crippen LogP contribution in [0.2, 0.25) is 0 Å². The van der Waals surface area contributed by atoms with E-state index in [9.17, 15) is 0 Å². The molecule has 1 saturated carbocycles. The Morgan fingerprint density at radius 1 is 1.14 bits per heavy atom. The van der Waals surface area contributed by atoms with E-state index in [0.29, 0.717) is 11.7 Å². The number of hydrogen-bond acceptors (Lipinski definition) is 4. The number of aromatic nitrogens is 4. The van der Waals surface area contributed by atoms with Gasteiger partial charge in [-0.2, -0.15) is 9.50 Å². The van der Waals surface area contributed by atoms with Gasteiger partial charge >= 0.3 is 0 Å². The quantitative estimate of drug-likeness (QED) is 0.563. The minimum atomic E-state index is 0.491. The van der Waals surface area contributed by atoms with Gasteiger partial charge in [-0.3, -0.25) is 0 Å². The molecule has 5 nitrogen and oxygen atoms in total. The van der Waals surface area contributed by atoms with Crippen LogP contribution in [-0.2, 0) is 0 Å². The van der Waals surface area contributed by atoms with Gasteiger partial charge in [-0.15, -0.1) is 5.10 Å². The van der Waals surface area contributed by atoms with E-state index in [4.69, 9.17) is 4.42 Å². The summed E-state index contributed by atoms with van der Waals surface area (Å²) in [6.45, 7) is 0. The molecule has 0 N–H and O–H groups in total. The Kier molecular flexibility index (Phi) is 2.38. The lowest BCUT2D eigenvalue weighted by Gasteiger charge is -2.21. The summed E-state index contributed by atoms with van der Waals surface area (Å²) in [5.41, 5.74) is 1.76. The lowest BCUT2D eigenvalue weighted by Crippen LogP contribution is -2.10. The summed E-state index contributed by atoms with van der Waals surface area (Å²) in [5.74, 6) is 2.83. The zero-order valence-electron chi connectivity index (χ0n) is 11.9. The fourth-order valence-corrected chi connectivity index (χ4v) is 2.94. The molecule has 3 heterocycles. The third-order valence-corrected chi connectivity index (χ3v) is 4.41. The number of benzene rings is 1. The summed E-state index contributed by atoms with van der Waals surface area (Å²) in [7, 11) is 0. The highest BCUT2D eigenvalue weighted by molar-refractivity contribution is 5.82. The Hall–Kier alpha value is -2.69. The van der Waals surface area contributed by atoms with E-state index < -0.39 is 0 Å². The molecule has 1 aromatic carbocycles. The molecule has 0 aliphatic heterocycles. The molecule has 4 aromatic rings. The first-order chi connectivity index (χ1) is 10.9. The van der Waals surface area contributed by atoms with Gasteiger partial charge in [-0.05, 0) is 31.0 Å². The van der Waals surface area contributed by atoms with E-state index in [1.165, 1.54) is 19.3 Å². The Morgan fingerprint density at radius 2 is 2.05 bits per heavy atom. The molecule has 5 rings (SSSR count).